The summed E-state index contributed by atoms with van der Waals surface area (Å²) in [5.41, 5.74) is 5.55. The van der Waals surface area contributed by atoms with Crippen LogP contribution in [0, 0.1) is 5.92 Å². The third-order valence-corrected chi connectivity index (χ3v) is 8.85. The van der Waals surface area contributed by atoms with Gasteiger partial charge in [-0.05, 0) is 82.2 Å². The number of benzene rings is 2. The molecule has 1 saturated heterocycles. The molecule has 226 valence electrons. The number of piperidine rings is 1. The number of amides is 2. The van der Waals surface area contributed by atoms with Crippen molar-refractivity contribution in [1.82, 2.24) is 14.8 Å². The molecule has 7 rings (SSSR count). The van der Waals surface area contributed by atoms with Crippen molar-refractivity contribution in [3.05, 3.63) is 59.8 Å². The van der Waals surface area contributed by atoms with Crippen LogP contribution in [0.5, 0.6) is 5.75 Å². The predicted molar refractivity (Wildman–Crippen MR) is 169 cm³/mol. The van der Waals surface area contributed by atoms with Gasteiger partial charge < -0.3 is 34.5 Å². The van der Waals surface area contributed by atoms with Gasteiger partial charge in [0.25, 0.3) is 5.91 Å². The number of likely N-dealkylation sites (tertiary alicyclic amines) is 1. The maximum Gasteiger partial charge on any atom is 0.407 e. The van der Waals surface area contributed by atoms with E-state index in [4.69, 9.17) is 9.47 Å². The van der Waals surface area contributed by atoms with Crippen molar-refractivity contribution in [1.29, 1.82) is 0 Å². The molecule has 1 aliphatic carbocycles. The molecular formula is C34H41N5O4. The molecule has 3 aliphatic heterocycles. The molecule has 2 amide bonds. The van der Waals surface area contributed by atoms with Crippen LogP contribution in [0.15, 0.2) is 43.0 Å². The van der Waals surface area contributed by atoms with Crippen LogP contribution in [-0.4, -0.2) is 59.4 Å². The lowest BCUT2D eigenvalue weighted by Crippen LogP contribution is -2.50. The first kappa shape index (κ1) is 27.7. The molecule has 2 N–H and O–H groups in total. The summed E-state index contributed by atoms with van der Waals surface area (Å²) in [6.45, 7) is 12.9. The standard InChI is InChI=1S/C34H41N5O4/c1-5-21-10-11-23-17-28(39(27(23)15-21)19-22-8-9-22)31-36-26-16-24(18-29-30(26)38(31)13-14-42-29)32(40)37-12-6-7-25(20-37)35-33(41)43-34(2,3)4/h5,10-11,15-18,22,25,31,36H,1,6-9,12-14,19-20H2,2-4H3,(H,35,41)/t25-,31?/m1/s1. The Bertz CT molecular complexity index is 1600. The second-order valence-electron chi connectivity index (χ2n) is 13.3. The van der Waals surface area contributed by atoms with Crippen LogP contribution in [-0.2, 0) is 11.3 Å². The van der Waals surface area contributed by atoms with Crippen LogP contribution in [0.25, 0.3) is 17.0 Å². The maximum absolute atomic E-state index is 13.8. The SMILES string of the molecule is C=Cc1ccc2cc(C3Nc4cc(C(=O)N5CCC[C@@H](NC(=O)OC(C)(C)C)C5)cc5c4N3CCO5)n(CC3CC3)c2c1. The molecule has 2 aromatic carbocycles. The molecule has 0 spiro atoms. The van der Waals surface area contributed by atoms with Gasteiger partial charge in [-0.15, -0.1) is 0 Å². The van der Waals surface area contributed by atoms with Crippen LogP contribution in [0.1, 0.15) is 74.2 Å². The lowest BCUT2D eigenvalue weighted by molar-refractivity contribution is 0.0452. The van der Waals surface area contributed by atoms with Gasteiger partial charge in [-0.1, -0.05) is 24.8 Å². The number of alkyl carbamates (subject to hydrolysis) is 1. The van der Waals surface area contributed by atoms with E-state index in [1.165, 1.54) is 29.4 Å². The van der Waals surface area contributed by atoms with E-state index in [0.717, 1.165) is 48.6 Å². The van der Waals surface area contributed by atoms with Gasteiger partial charge >= 0.3 is 6.09 Å². The highest BCUT2D eigenvalue weighted by molar-refractivity contribution is 5.99. The second-order valence-corrected chi connectivity index (χ2v) is 13.3. The number of hydrogen-bond donors (Lipinski definition) is 2. The highest BCUT2D eigenvalue weighted by Crippen LogP contribution is 2.50. The fourth-order valence-electron chi connectivity index (χ4n) is 6.68. The minimum absolute atomic E-state index is 0.0551. The van der Waals surface area contributed by atoms with Crippen LogP contribution >= 0.6 is 0 Å². The summed E-state index contributed by atoms with van der Waals surface area (Å²) in [4.78, 5) is 30.4. The Morgan fingerprint density at radius 2 is 1.98 bits per heavy atom. The highest BCUT2D eigenvalue weighted by atomic mass is 16.6. The minimum atomic E-state index is -0.570. The summed E-state index contributed by atoms with van der Waals surface area (Å²) in [5, 5.41) is 7.95. The summed E-state index contributed by atoms with van der Waals surface area (Å²) in [5.74, 6) is 1.40. The molecule has 4 heterocycles. The molecule has 0 bridgehead atoms. The van der Waals surface area contributed by atoms with Crippen molar-refractivity contribution in [2.24, 2.45) is 5.92 Å². The van der Waals surface area contributed by atoms with Gasteiger partial charge in [-0.3, -0.25) is 4.79 Å². The van der Waals surface area contributed by atoms with Crippen molar-refractivity contribution in [2.45, 2.75) is 70.8 Å². The molecule has 4 aliphatic rings. The molecule has 2 atom stereocenters. The largest absolute Gasteiger partial charge is 0.489 e. The third-order valence-electron chi connectivity index (χ3n) is 8.85. The van der Waals surface area contributed by atoms with E-state index in [1.54, 1.807) is 0 Å². The van der Waals surface area contributed by atoms with Gasteiger partial charge in [0.2, 0.25) is 0 Å². The van der Waals surface area contributed by atoms with Crippen molar-refractivity contribution in [3.8, 4) is 5.75 Å². The van der Waals surface area contributed by atoms with Crippen LogP contribution in [0.2, 0.25) is 0 Å². The van der Waals surface area contributed by atoms with E-state index >= 15 is 0 Å². The van der Waals surface area contributed by atoms with Gasteiger partial charge in [-0.2, -0.15) is 0 Å². The zero-order valence-electron chi connectivity index (χ0n) is 25.3. The molecule has 1 aromatic heterocycles. The minimum Gasteiger partial charge on any atom is -0.489 e. The van der Waals surface area contributed by atoms with E-state index in [-0.39, 0.29) is 18.1 Å². The first-order valence-electron chi connectivity index (χ1n) is 15.6. The average Bonchev–Trinajstić information content (AvgIpc) is 3.63. The predicted octanol–water partition coefficient (Wildman–Crippen LogP) is 6.15. The molecular weight excluding hydrogens is 542 g/mol. The van der Waals surface area contributed by atoms with Crippen molar-refractivity contribution in [3.63, 3.8) is 0 Å². The Hall–Kier alpha value is -4.14. The number of rotatable bonds is 6. The van der Waals surface area contributed by atoms with E-state index in [0.29, 0.717) is 31.2 Å². The Morgan fingerprint density at radius 3 is 2.74 bits per heavy atom. The van der Waals surface area contributed by atoms with Gasteiger partial charge in [0.15, 0.2) is 0 Å². The monoisotopic (exact) mass is 583 g/mol. The summed E-state index contributed by atoms with van der Waals surface area (Å²) in [7, 11) is 0. The lowest BCUT2D eigenvalue weighted by Gasteiger charge is -2.34. The number of anilines is 2. The normalized spacial score (nSPS) is 21.2. The molecule has 3 aromatic rings. The summed E-state index contributed by atoms with van der Waals surface area (Å²) in [6.07, 6.45) is 5.57. The van der Waals surface area contributed by atoms with E-state index in [2.05, 4.69) is 50.9 Å². The van der Waals surface area contributed by atoms with E-state index in [1.807, 2.05) is 43.9 Å². The van der Waals surface area contributed by atoms with E-state index in [9.17, 15) is 9.59 Å². The molecule has 9 heteroatoms. The molecule has 43 heavy (non-hydrogen) atoms. The van der Waals surface area contributed by atoms with Crippen LogP contribution in [0.3, 0.4) is 0 Å². The third kappa shape index (κ3) is 5.41. The maximum atomic E-state index is 13.8. The quantitative estimate of drug-likeness (QED) is 0.362. The van der Waals surface area contributed by atoms with Crippen molar-refractivity contribution >= 4 is 40.4 Å². The zero-order valence-corrected chi connectivity index (χ0v) is 25.3. The van der Waals surface area contributed by atoms with Crippen LogP contribution < -0.4 is 20.3 Å². The number of carbonyl (C=O) groups is 2. The Labute approximate surface area is 252 Å². The molecule has 2 fully saturated rings. The first-order valence-corrected chi connectivity index (χ1v) is 15.6. The molecule has 0 radical (unpaired) electrons. The highest BCUT2D eigenvalue weighted by Gasteiger charge is 2.39. The summed E-state index contributed by atoms with van der Waals surface area (Å²) in [6, 6.07) is 12.6. The Kier molecular flexibility index (Phi) is 6.78. The lowest BCUT2D eigenvalue weighted by atomic mass is 10.0. The molecule has 9 nitrogen and oxygen atoms in total. The number of nitrogens with zero attached hydrogens (tertiary/aromatic N) is 3. The van der Waals surface area contributed by atoms with Gasteiger partial charge in [0.05, 0.1) is 17.9 Å². The Balaban J connectivity index is 1.15. The van der Waals surface area contributed by atoms with Gasteiger partial charge in [0, 0.05) is 42.1 Å². The number of fused-ring (bicyclic) bond motifs is 1. The summed E-state index contributed by atoms with van der Waals surface area (Å²) < 4.78 is 14.1. The average molecular weight is 584 g/mol. The molecule has 1 unspecified atom stereocenters. The molecule has 1 saturated carbocycles. The Morgan fingerprint density at radius 1 is 1.14 bits per heavy atom. The fourth-order valence-corrected chi connectivity index (χ4v) is 6.68. The fraction of sp³-hybridized carbons (Fsp3) is 0.471. The van der Waals surface area contributed by atoms with E-state index < -0.39 is 11.7 Å². The zero-order chi connectivity index (χ0) is 29.9. The number of nitrogens with one attached hydrogen (secondary N) is 2. The van der Waals surface area contributed by atoms with Gasteiger partial charge in [0.1, 0.15) is 29.8 Å². The summed E-state index contributed by atoms with van der Waals surface area (Å²) >= 11 is 0. The van der Waals surface area contributed by atoms with Crippen LogP contribution in [0.4, 0.5) is 16.2 Å². The smallest absolute Gasteiger partial charge is 0.407 e. The number of hydrogen-bond acceptors (Lipinski definition) is 6. The van der Waals surface area contributed by atoms with Crippen molar-refractivity contribution in [2.75, 3.05) is 36.5 Å². The number of aromatic nitrogens is 1. The first-order chi connectivity index (χ1) is 20.7. The number of carbonyl (C=O) groups excluding carboxylic acids is 2. The second kappa shape index (κ2) is 10.5. The van der Waals surface area contributed by atoms with Gasteiger partial charge in [-0.25, -0.2) is 4.79 Å². The van der Waals surface area contributed by atoms with Crippen molar-refractivity contribution < 1.29 is 19.1 Å². The topological polar surface area (TPSA) is 88.1 Å². The number of ether oxygens (including phenoxy) is 2.